The van der Waals surface area contributed by atoms with Crippen LogP contribution in [0.15, 0.2) is 59.2 Å². The molecule has 0 atom stereocenters. The number of aromatic nitrogens is 2. The van der Waals surface area contributed by atoms with Crippen molar-refractivity contribution in [1.29, 1.82) is 0 Å². The molecule has 0 fully saturated rings. The zero-order valence-corrected chi connectivity index (χ0v) is 12.3. The highest BCUT2D eigenvalue weighted by Gasteiger charge is 2.18. The predicted octanol–water partition coefficient (Wildman–Crippen LogP) is 3.27. The quantitative estimate of drug-likeness (QED) is 0.786. The monoisotopic (exact) mass is 295 g/mol. The fraction of sp³-hybridized carbons (Fsp3) is 0.176. The molecule has 0 aliphatic rings. The van der Waals surface area contributed by atoms with Gasteiger partial charge in [0.2, 0.25) is 0 Å². The molecule has 1 N–H and O–H groups in total. The summed E-state index contributed by atoms with van der Waals surface area (Å²) in [5, 5.41) is 7.40. The molecule has 3 aromatic rings. The van der Waals surface area contributed by atoms with Crippen LogP contribution in [0.3, 0.4) is 0 Å². The van der Waals surface area contributed by atoms with Crippen LogP contribution in [-0.2, 0) is 0 Å². The number of amides is 1. The Balaban J connectivity index is 2.04. The van der Waals surface area contributed by atoms with E-state index in [-0.39, 0.29) is 5.91 Å². The third kappa shape index (κ3) is 2.79. The lowest BCUT2D eigenvalue weighted by Crippen LogP contribution is -2.26. The molecule has 5 nitrogen and oxygen atoms in total. The number of nitrogens with zero attached hydrogens (tertiary/aromatic N) is 2. The summed E-state index contributed by atoms with van der Waals surface area (Å²) in [4.78, 5) is 12.4. The van der Waals surface area contributed by atoms with Crippen LogP contribution in [0.2, 0.25) is 0 Å². The lowest BCUT2D eigenvalue weighted by molar-refractivity contribution is 0.0946. The molecular formula is C17H17N3O2. The molecule has 2 heterocycles. The second-order valence-electron chi connectivity index (χ2n) is 4.90. The van der Waals surface area contributed by atoms with Gasteiger partial charge in [0.25, 0.3) is 5.91 Å². The van der Waals surface area contributed by atoms with E-state index in [0.717, 1.165) is 12.1 Å². The highest BCUT2D eigenvalue weighted by atomic mass is 16.3. The number of nitrogens with one attached hydrogen (secondary N) is 1. The van der Waals surface area contributed by atoms with Crippen LogP contribution >= 0.6 is 0 Å². The van der Waals surface area contributed by atoms with Gasteiger partial charge in [-0.1, -0.05) is 25.1 Å². The zero-order valence-electron chi connectivity index (χ0n) is 12.3. The molecule has 112 valence electrons. The molecule has 0 spiro atoms. The Morgan fingerprint density at radius 3 is 2.73 bits per heavy atom. The average Bonchev–Trinajstić information content (AvgIpc) is 3.22. The Hall–Kier alpha value is -2.82. The first kappa shape index (κ1) is 14.1. The van der Waals surface area contributed by atoms with Crippen LogP contribution in [0.5, 0.6) is 0 Å². The van der Waals surface area contributed by atoms with Crippen molar-refractivity contribution in [2.45, 2.75) is 13.3 Å². The van der Waals surface area contributed by atoms with E-state index in [1.807, 2.05) is 43.3 Å². The first-order chi connectivity index (χ1) is 10.8. The summed E-state index contributed by atoms with van der Waals surface area (Å²) in [5.41, 5.74) is 1.96. The fourth-order valence-corrected chi connectivity index (χ4v) is 2.18. The van der Waals surface area contributed by atoms with Gasteiger partial charge >= 0.3 is 0 Å². The van der Waals surface area contributed by atoms with Crippen LogP contribution in [0.4, 0.5) is 0 Å². The van der Waals surface area contributed by atoms with Crippen molar-refractivity contribution in [3.8, 4) is 17.1 Å². The number of hydrogen-bond acceptors (Lipinski definition) is 3. The van der Waals surface area contributed by atoms with E-state index in [4.69, 9.17) is 4.42 Å². The second-order valence-corrected chi connectivity index (χ2v) is 4.90. The van der Waals surface area contributed by atoms with Gasteiger partial charge in [-0.2, -0.15) is 5.10 Å². The first-order valence-corrected chi connectivity index (χ1v) is 7.27. The van der Waals surface area contributed by atoms with E-state index in [1.165, 1.54) is 0 Å². The summed E-state index contributed by atoms with van der Waals surface area (Å²) < 4.78 is 7.02. The maximum Gasteiger partial charge on any atom is 0.270 e. The first-order valence-electron chi connectivity index (χ1n) is 7.27. The molecule has 0 saturated carbocycles. The summed E-state index contributed by atoms with van der Waals surface area (Å²) >= 11 is 0. The van der Waals surface area contributed by atoms with Crippen LogP contribution in [-0.4, -0.2) is 22.2 Å². The van der Waals surface area contributed by atoms with Gasteiger partial charge in [-0.25, -0.2) is 4.68 Å². The number of hydrogen-bond donors (Lipinski definition) is 1. The molecule has 2 aromatic heterocycles. The van der Waals surface area contributed by atoms with Gasteiger partial charge in [-0.05, 0) is 30.7 Å². The van der Waals surface area contributed by atoms with Gasteiger partial charge in [0.05, 0.1) is 12.0 Å². The summed E-state index contributed by atoms with van der Waals surface area (Å²) in [5.74, 6) is 0.496. The number of carbonyl (C=O) groups is 1. The van der Waals surface area contributed by atoms with E-state index in [2.05, 4.69) is 10.4 Å². The smallest absolute Gasteiger partial charge is 0.270 e. The SMILES string of the molecule is CCCNC(=O)c1cc(-c2ccco2)nn1-c1ccccc1. The Morgan fingerprint density at radius 2 is 2.05 bits per heavy atom. The van der Waals surface area contributed by atoms with Crippen molar-refractivity contribution in [2.24, 2.45) is 0 Å². The van der Waals surface area contributed by atoms with Crippen LogP contribution in [0, 0.1) is 0 Å². The maximum absolute atomic E-state index is 12.4. The molecule has 3 rings (SSSR count). The van der Waals surface area contributed by atoms with Crippen LogP contribution in [0.25, 0.3) is 17.1 Å². The Bertz CT molecular complexity index is 746. The van der Waals surface area contributed by atoms with E-state index in [0.29, 0.717) is 23.7 Å². The molecule has 0 radical (unpaired) electrons. The molecule has 1 amide bonds. The molecule has 5 heteroatoms. The number of para-hydroxylation sites is 1. The number of carbonyl (C=O) groups excluding carboxylic acids is 1. The largest absolute Gasteiger partial charge is 0.463 e. The summed E-state index contributed by atoms with van der Waals surface area (Å²) in [7, 11) is 0. The van der Waals surface area contributed by atoms with Crippen molar-refractivity contribution in [1.82, 2.24) is 15.1 Å². The van der Waals surface area contributed by atoms with Crippen molar-refractivity contribution < 1.29 is 9.21 Å². The molecule has 0 aliphatic carbocycles. The number of benzene rings is 1. The van der Waals surface area contributed by atoms with E-state index >= 15 is 0 Å². The summed E-state index contributed by atoms with van der Waals surface area (Å²) in [6.07, 6.45) is 2.48. The lowest BCUT2D eigenvalue weighted by atomic mass is 10.2. The second kappa shape index (κ2) is 6.30. The minimum absolute atomic E-state index is 0.143. The van der Waals surface area contributed by atoms with Gasteiger partial charge in [0.15, 0.2) is 5.76 Å². The van der Waals surface area contributed by atoms with E-state index in [9.17, 15) is 4.79 Å². The van der Waals surface area contributed by atoms with Crippen molar-refractivity contribution in [2.75, 3.05) is 6.54 Å². The Labute approximate surface area is 128 Å². The highest BCUT2D eigenvalue weighted by Crippen LogP contribution is 2.22. The standard InChI is InChI=1S/C17H17N3O2/c1-2-10-18-17(21)15-12-14(16-9-6-11-22-16)19-20(15)13-7-4-3-5-8-13/h3-9,11-12H,2,10H2,1H3,(H,18,21). The topological polar surface area (TPSA) is 60.1 Å². The lowest BCUT2D eigenvalue weighted by Gasteiger charge is -2.07. The predicted molar refractivity (Wildman–Crippen MR) is 83.9 cm³/mol. The van der Waals surface area contributed by atoms with Crippen LogP contribution < -0.4 is 5.32 Å². The number of furan rings is 1. The zero-order chi connectivity index (χ0) is 15.4. The molecule has 0 saturated heterocycles. The van der Waals surface area contributed by atoms with E-state index in [1.54, 1.807) is 23.1 Å². The molecule has 0 bridgehead atoms. The Morgan fingerprint density at radius 1 is 1.23 bits per heavy atom. The van der Waals surface area contributed by atoms with Gasteiger partial charge < -0.3 is 9.73 Å². The van der Waals surface area contributed by atoms with Gasteiger partial charge in [-0.15, -0.1) is 0 Å². The van der Waals surface area contributed by atoms with Crippen molar-refractivity contribution in [3.05, 3.63) is 60.5 Å². The maximum atomic E-state index is 12.4. The number of rotatable bonds is 5. The minimum atomic E-state index is -0.143. The third-order valence-corrected chi connectivity index (χ3v) is 3.25. The van der Waals surface area contributed by atoms with Gasteiger partial charge in [-0.3, -0.25) is 4.79 Å². The van der Waals surface area contributed by atoms with Crippen molar-refractivity contribution in [3.63, 3.8) is 0 Å². The van der Waals surface area contributed by atoms with E-state index < -0.39 is 0 Å². The third-order valence-electron chi connectivity index (χ3n) is 3.25. The summed E-state index contributed by atoms with van der Waals surface area (Å²) in [6.45, 7) is 2.65. The normalized spacial score (nSPS) is 10.6. The highest BCUT2D eigenvalue weighted by molar-refractivity contribution is 5.94. The van der Waals surface area contributed by atoms with Crippen LogP contribution in [0.1, 0.15) is 23.8 Å². The minimum Gasteiger partial charge on any atom is -0.463 e. The molecule has 1 aromatic carbocycles. The van der Waals surface area contributed by atoms with Crippen molar-refractivity contribution >= 4 is 5.91 Å². The molecular weight excluding hydrogens is 278 g/mol. The summed E-state index contributed by atoms with van der Waals surface area (Å²) in [6, 6.07) is 15.0. The van der Waals surface area contributed by atoms with Gasteiger partial charge in [0.1, 0.15) is 11.4 Å². The fourth-order valence-electron chi connectivity index (χ4n) is 2.18. The van der Waals surface area contributed by atoms with Gasteiger partial charge in [0, 0.05) is 12.6 Å². The average molecular weight is 295 g/mol. The Kier molecular flexibility index (Phi) is 4.05. The molecule has 0 unspecified atom stereocenters. The molecule has 0 aliphatic heterocycles. The molecule has 22 heavy (non-hydrogen) atoms.